The van der Waals surface area contributed by atoms with Gasteiger partial charge in [-0.25, -0.2) is 0 Å². The highest BCUT2D eigenvalue weighted by atomic mass is 32.1. The van der Waals surface area contributed by atoms with Gasteiger partial charge in [0.1, 0.15) is 5.75 Å². The second-order valence-electron chi connectivity index (χ2n) is 4.60. The van der Waals surface area contributed by atoms with E-state index in [4.69, 9.17) is 22.7 Å². The van der Waals surface area contributed by atoms with E-state index in [1.807, 2.05) is 19.1 Å². The van der Waals surface area contributed by atoms with Crippen LogP contribution in [-0.4, -0.2) is 34.6 Å². The van der Waals surface area contributed by atoms with Gasteiger partial charge in [0.05, 0.1) is 17.8 Å². The van der Waals surface area contributed by atoms with Crippen LogP contribution in [0.25, 0.3) is 0 Å². The van der Waals surface area contributed by atoms with E-state index in [0.29, 0.717) is 24.1 Å². The van der Waals surface area contributed by atoms with Crippen molar-refractivity contribution in [1.82, 2.24) is 9.88 Å². The summed E-state index contributed by atoms with van der Waals surface area (Å²) in [5.74, 6) is 0.830. The van der Waals surface area contributed by atoms with E-state index in [1.165, 1.54) is 0 Å². The lowest BCUT2D eigenvalue weighted by Gasteiger charge is -2.25. The number of methoxy groups -OCH3 is 1. The molecular formula is C13H21N3OS. The third-order valence-corrected chi connectivity index (χ3v) is 2.80. The number of hydrogen-bond acceptors (Lipinski definition) is 4. The Kier molecular flexibility index (Phi) is 5.50. The lowest BCUT2D eigenvalue weighted by molar-refractivity contribution is 0.242. The van der Waals surface area contributed by atoms with Crippen molar-refractivity contribution in [2.75, 3.05) is 13.7 Å². The molecule has 0 fully saturated rings. The lowest BCUT2D eigenvalue weighted by atomic mass is 10.2. The number of pyridine rings is 1. The SMILES string of the molecule is COc1cc(C)nc(CN(CC(N)=S)C(C)C)c1. The highest BCUT2D eigenvalue weighted by molar-refractivity contribution is 7.80. The van der Waals surface area contributed by atoms with Gasteiger partial charge in [0.25, 0.3) is 0 Å². The molecular weight excluding hydrogens is 246 g/mol. The fraction of sp³-hybridized carbons (Fsp3) is 0.538. The maximum atomic E-state index is 5.62. The average Bonchev–Trinajstić information content (AvgIpc) is 2.26. The van der Waals surface area contributed by atoms with E-state index in [0.717, 1.165) is 17.1 Å². The Bertz CT molecular complexity index is 421. The van der Waals surface area contributed by atoms with Crippen LogP contribution in [0.4, 0.5) is 0 Å². The maximum Gasteiger partial charge on any atom is 0.122 e. The molecule has 0 amide bonds. The molecule has 2 N–H and O–H groups in total. The van der Waals surface area contributed by atoms with Crippen LogP contribution >= 0.6 is 12.2 Å². The Morgan fingerprint density at radius 1 is 1.50 bits per heavy atom. The summed E-state index contributed by atoms with van der Waals surface area (Å²) in [6.07, 6.45) is 0. The van der Waals surface area contributed by atoms with Crippen molar-refractivity contribution in [3.63, 3.8) is 0 Å². The van der Waals surface area contributed by atoms with Crippen LogP contribution in [0, 0.1) is 6.92 Å². The number of aromatic nitrogens is 1. The van der Waals surface area contributed by atoms with E-state index < -0.39 is 0 Å². The van der Waals surface area contributed by atoms with Crippen molar-refractivity contribution >= 4 is 17.2 Å². The van der Waals surface area contributed by atoms with Gasteiger partial charge in [-0.1, -0.05) is 12.2 Å². The van der Waals surface area contributed by atoms with Gasteiger partial charge in [-0.2, -0.15) is 0 Å². The minimum Gasteiger partial charge on any atom is -0.497 e. The topological polar surface area (TPSA) is 51.4 Å². The average molecular weight is 267 g/mol. The van der Waals surface area contributed by atoms with Crippen LogP contribution in [0.3, 0.4) is 0 Å². The number of thiocarbonyl (C=S) groups is 1. The van der Waals surface area contributed by atoms with Gasteiger partial charge in [-0.3, -0.25) is 9.88 Å². The van der Waals surface area contributed by atoms with Gasteiger partial charge in [0, 0.05) is 37.0 Å². The van der Waals surface area contributed by atoms with Crippen molar-refractivity contribution < 1.29 is 4.74 Å². The van der Waals surface area contributed by atoms with E-state index in [-0.39, 0.29) is 0 Å². The lowest BCUT2D eigenvalue weighted by Crippen LogP contribution is -2.37. The fourth-order valence-electron chi connectivity index (χ4n) is 1.73. The van der Waals surface area contributed by atoms with Crippen LogP contribution in [0.15, 0.2) is 12.1 Å². The predicted molar refractivity (Wildman–Crippen MR) is 77.9 cm³/mol. The molecule has 0 atom stereocenters. The molecule has 0 bridgehead atoms. The Balaban J connectivity index is 2.86. The molecule has 0 saturated carbocycles. The number of rotatable bonds is 6. The molecule has 4 nitrogen and oxygen atoms in total. The zero-order valence-electron chi connectivity index (χ0n) is 11.4. The van der Waals surface area contributed by atoms with Gasteiger partial charge in [0.15, 0.2) is 0 Å². The minimum absolute atomic E-state index is 0.361. The molecule has 1 aromatic rings. The van der Waals surface area contributed by atoms with Gasteiger partial charge in [0.2, 0.25) is 0 Å². The number of ether oxygens (including phenoxy) is 1. The molecule has 1 heterocycles. The first-order chi connectivity index (χ1) is 8.42. The Morgan fingerprint density at radius 3 is 2.67 bits per heavy atom. The molecule has 18 heavy (non-hydrogen) atoms. The van der Waals surface area contributed by atoms with E-state index >= 15 is 0 Å². The van der Waals surface area contributed by atoms with Crippen molar-refractivity contribution in [1.29, 1.82) is 0 Å². The third-order valence-electron chi connectivity index (χ3n) is 2.67. The Morgan fingerprint density at radius 2 is 2.17 bits per heavy atom. The number of nitrogens with two attached hydrogens (primary N) is 1. The molecule has 0 unspecified atom stereocenters. The first-order valence-corrected chi connectivity index (χ1v) is 6.37. The summed E-state index contributed by atoms with van der Waals surface area (Å²) >= 11 is 4.97. The van der Waals surface area contributed by atoms with Crippen molar-refractivity contribution in [2.45, 2.75) is 33.4 Å². The molecule has 100 valence electrons. The molecule has 1 rings (SSSR count). The third kappa shape index (κ3) is 4.58. The number of aryl methyl sites for hydroxylation is 1. The molecule has 0 aliphatic rings. The maximum absolute atomic E-state index is 5.62. The van der Waals surface area contributed by atoms with Gasteiger partial charge >= 0.3 is 0 Å². The number of hydrogen-bond donors (Lipinski definition) is 1. The summed E-state index contributed by atoms with van der Waals surface area (Å²) in [5, 5.41) is 0. The highest BCUT2D eigenvalue weighted by Gasteiger charge is 2.12. The standard InChI is InChI=1S/C13H21N3OS/c1-9(2)16(8-13(14)18)7-11-6-12(17-4)5-10(3)15-11/h5-6,9H,7-8H2,1-4H3,(H2,14,18). The predicted octanol–water partition coefficient (Wildman–Crippen LogP) is 1.90. The zero-order valence-corrected chi connectivity index (χ0v) is 12.3. The van der Waals surface area contributed by atoms with Crippen LogP contribution in [0.5, 0.6) is 5.75 Å². The van der Waals surface area contributed by atoms with E-state index in [9.17, 15) is 0 Å². The first-order valence-electron chi connectivity index (χ1n) is 5.96. The van der Waals surface area contributed by atoms with E-state index in [2.05, 4.69) is 23.7 Å². The van der Waals surface area contributed by atoms with Gasteiger partial charge in [-0.05, 0) is 20.8 Å². The summed E-state index contributed by atoms with van der Waals surface area (Å²) in [5.41, 5.74) is 7.53. The zero-order chi connectivity index (χ0) is 13.7. The summed E-state index contributed by atoms with van der Waals surface area (Å²) in [4.78, 5) is 7.19. The van der Waals surface area contributed by atoms with Gasteiger partial charge in [-0.15, -0.1) is 0 Å². The summed E-state index contributed by atoms with van der Waals surface area (Å²) in [6.45, 7) is 7.51. The largest absolute Gasteiger partial charge is 0.497 e. The monoisotopic (exact) mass is 267 g/mol. The number of nitrogens with zero attached hydrogens (tertiary/aromatic N) is 2. The summed E-state index contributed by atoms with van der Waals surface area (Å²) in [6, 6.07) is 4.22. The second kappa shape index (κ2) is 6.66. The van der Waals surface area contributed by atoms with Crippen molar-refractivity contribution in [2.24, 2.45) is 5.73 Å². The van der Waals surface area contributed by atoms with Gasteiger partial charge < -0.3 is 10.5 Å². The summed E-state index contributed by atoms with van der Waals surface area (Å²) < 4.78 is 5.25. The molecule has 0 spiro atoms. The minimum atomic E-state index is 0.361. The second-order valence-corrected chi connectivity index (χ2v) is 5.13. The van der Waals surface area contributed by atoms with Crippen LogP contribution in [0.1, 0.15) is 25.2 Å². The molecule has 0 radical (unpaired) electrons. The van der Waals surface area contributed by atoms with Crippen molar-refractivity contribution in [3.05, 3.63) is 23.5 Å². The van der Waals surface area contributed by atoms with Crippen LogP contribution < -0.4 is 10.5 Å². The fourth-order valence-corrected chi connectivity index (χ4v) is 1.90. The normalized spacial score (nSPS) is 11.0. The molecule has 1 aromatic heterocycles. The molecule has 0 aliphatic carbocycles. The molecule has 0 saturated heterocycles. The van der Waals surface area contributed by atoms with E-state index in [1.54, 1.807) is 7.11 Å². The Labute approximate surface area is 114 Å². The van der Waals surface area contributed by atoms with Crippen molar-refractivity contribution in [3.8, 4) is 5.75 Å². The smallest absolute Gasteiger partial charge is 0.122 e. The van der Waals surface area contributed by atoms with Crippen LogP contribution in [0.2, 0.25) is 0 Å². The highest BCUT2D eigenvalue weighted by Crippen LogP contribution is 2.15. The molecule has 0 aromatic carbocycles. The molecule has 5 heteroatoms. The van der Waals surface area contributed by atoms with Crippen LogP contribution in [-0.2, 0) is 6.54 Å². The molecule has 0 aliphatic heterocycles. The quantitative estimate of drug-likeness (QED) is 0.798. The summed E-state index contributed by atoms with van der Waals surface area (Å²) in [7, 11) is 1.66. The Hall–Kier alpha value is -1.20. The first kappa shape index (κ1) is 14.9.